The second kappa shape index (κ2) is 6.83. The molecular formula is C11H16N2O. The maximum atomic E-state index is 11.4. The first-order valence-electron chi connectivity index (χ1n) is 4.58. The Morgan fingerprint density at radius 2 is 1.79 bits per heavy atom. The molecule has 0 saturated carbocycles. The number of amides is 1. The Kier molecular flexibility index (Phi) is 6.03. The van der Waals surface area contributed by atoms with Gasteiger partial charge in [0, 0.05) is 12.6 Å². The van der Waals surface area contributed by atoms with E-state index in [0.717, 1.165) is 6.34 Å². The van der Waals surface area contributed by atoms with Crippen LogP contribution in [-0.4, -0.2) is 24.2 Å². The first kappa shape index (κ1) is 12.4. The second-order valence-corrected chi connectivity index (χ2v) is 2.41. The van der Waals surface area contributed by atoms with Crippen LogP contribution in [0, 0.1) is 5.41 Å². The predicted molar refractivity (Wildman–Crippen MR) is 58.7 cm³/mol. The van der Waals surface area contributed by atoms with Crippen LogP contribution in [0.25, 0.3) is 0 Å². The van der Waals surface area contributed by atoms with Gasteiger partial charge in [0.15, 0.2) is 0 Å². The molecule has 1 rings (SSSR count). The van der Waals surface area contributed by atoms with Gasteiger partial charge in [-0.15, -0.1) is 0 Å². The lowest BCUT2D eigenvalue weighted by molar-refractivity contribution is 0.0875. The zero-order valence-electron chi connectivity index (χ0n) is 8.82. The highest BCUT2D eigenvalue weighted by molar-refractivity contribution is 5.99. The Labute approximate surface area is 84.9 Å². The molecule has 0 aromatic heterocycles. The van der Waals surface area contributed by atoms with Gasteiger partial charge in [-0.2, -0.15) is 0 Å². The molecule has 3 nitrogen and oxygen atoms in total. The van der Waals surface area contributed by atoms with Crippen LogP contribution >= 0.6 is 0 Å². The van der Waals surface area contributed by atoms with Gasteiger partial charge in [0.2, 0.25) is 0 Å². The molecule has 0 heterocycles. The minimum absolute atomic E-state index is 0.161. The van der Waals surface area contributed by atoms with Crippen molar-refractivity contribution in [2.45, 2.75) is 13.8 Å². The molecule has 0 saturated heterocycles. The summed E-state index contributed by atoms with van der Waals surface area (Å²) in [7, 11) is 1.56. The van der Waals surface area contributed by atoms with E-state index in [2.05, 4.69) is 0 Å². The monoisotopic (exact) mass is 192 g/mol. The molecule has 0 radical (unpaired) electrons. The van der Waals surface area contributed by atoms with Gasteiger partial charge in [-0.3, -0.25) is 10.2 Å². The van der Waals surface area contributed by atoms with Gasteiger partial charge in [0.25, 0.3) is 5.91 Å². The van der Waals surface area contributed by atoms with E-state index in [9.17, 15) is 4.79 Å². The molecule has 0 bridgehead atoms. The zero-order chi connectivity index (χ0) is 11.0. The van der Waals surface area contributed by atoms with Gasteiger partial charge in [0.05, 0.1) is 6.34 Å². The van der Waals surface area contributed by atoms with Crippen molar-refractivity contribution in [2.24, 2.45) is 0 Å². The molecule has 0 spiro atoms. The number of nitrogens with zero attached hydrogens (tertiary/aromatic N) is 1. The van der Waals surface area contributed by atoms with Crippen molar-refractivity contribution in [3.8, 4) is 0 Å². The summed E-state index contributed by atoms with van der Waals surface area (Å²) in [6.07, 6.45) is 0.995. The fourth-order valence-corrected chi connectivity index (χ4v) is 0.843. The number of carbonyl (C=O) groups is 1. The van der Waals surface area contributed by atoms with Crippen LogP contribution in [-0.2, 0) is 0 Å². The lowest BCUT2D eigenvalue weighted by Crippen LogP contribution is -2.24. The Morgan fingerprint density at radius 3 is 2.21 bits per heavy atom. The maximum Gasteiger partial charge on any atom is 0.258 e. The van der Waals surface area contributed by atoms with Crippen LogP contribution < -0.4 is 0 Å². The third-order valence-corrected chi connectivity index (χ3v) is 1.53. The molecule has 3 heteroatoms. The van der Waals surface area contributed by atoms with Gasteiger partial charge < -0.3 is 4.90 Å². The molecular weight excluding hydrogens is 176 g/mol. The summed E-state index contributed by atoms with van der Waals surface area (Å²) in [4.78, 5) is 12.6. The third-order valence-electron chi connectivity index (χ3n) is 1.53. The average Bonchev–Trinajstić information content (AvgIpc) is 2.31. The fraction of sp³-hybridized carbons (Fsp3) is 0.273. The molecule has 1 aromatic carbocycles. The molecule has 0 aliphatic heterocycles. The van der Waals surface area contributed by atoms with Gasteiger partial charge >= 0.3 is 0 Å². The van der Waals surface area contributed by atoms with Crippen molar-refractivity contribution in [1.29, 1.82) is 5.41 Å². The van der Waals surface area contributed by atoms with Crippen LogP contribution in [0.4, 0.5) is 0 Å². The number of nitrogens with one attached hydrogen (secondary N) is 1. The minimum Gasteiger partial charge on any atom is -0.302 e. The molecule has 14 heavy (non-hydrogen) atoms. The average molecular weight is 192 g/mol. The van der Waals surface area contributed by atoms with Crippen LogP contribution in [0.15, 0.2) is 30.3 Å². The van der Waals surface area contributed by atoms with Gasteiger partial charge in [-0.05, 0) is 12.1 Å². The maximum absolute atomic E-state index is 11.4. The van der Waals surface area contributed by atoms with Crippen molar-refractivity contribution in [2.75, 3.05) is 7.05 Å². The quantitative estimate of drug-likeness (QED) is 0.567. The Bertz CT molecular complexity index is 283. The Balaban J connectivity index is 0.000000791. The molecule has 1 N–H and O–H groups in total. The number of benzene rings is 1. The minimum atomic E-state index is -0.161. The number of hydrogen-bond donors (Lipinski definition) is 1. The van der Waals surface area contributed by atoms with Crippen molar-refractivity contribution >= 4 is 12.2 Å². The van der Waals surface area contributed by atoms with Gasteiger partial charge in [0.1, 0.15) is 0 Å². The van der Waals surface area contributed by atoms with E-state index in [-0.39, 0.29) is 5.91 Å². The molecule has 0 unspecified atom stereocenters. The molecule has 1 amide bonds. The molecule has 0 fully saturated rings. The molecule has 0 aliphatic carbocycles. The van der Waals surface area contributed by atoms with Crippen molar-refractivity contribution < 1.29 is 4.79 Å². The highest BCUT2D eigenvalue weighted by atomic mass is 16.2. The number of rotatable bonds is 2. The third kappa shape index (κ3) is 3.39. The summed E-state index contributed by atoms with van der Waals surface area (Å²) in [6.45, 7) is 4.00. The van der Waals surface area contributed by atoms with Gasteiger partial charge in [-0.1, -0.05) is 32.0 Å². The van der Waals surface area contributed by atoms with E-state index < -0.39 is 0 Å². The van der Waals surface area contributed by atoms with E-state index in [1.54, 1.807) is 31.3 Å². The largest absolute Gasteiger partial charge is 0.302 e. The van der Waals surface area contributed by atoms with Gasteiger partial charge in [-0.25, -0.2) is 0 Å². The second-order valence-electron chi connectivity index (χ2n) is 2.41. The highest BCUT2D eigenvalue weighted by Crippen LogP contribution is 2.00. The summed E-state index contributed by atoms with van der Waals surface area (Å²) in [6, 6.07) is 8.89. The fourth-order valence-electron chi connectivity index (χ4n) is 0.843. The number of hydrogen-bond acceptors (Lipinski definition) is 2. The van der Waals surface area contributed by atoms with Crippen LogP contribution in [0.2, 0.25) is 0 Å². The van der Waals surface area contributed by atoms with E-state index in [4.69, 9.17) is 5.41 Å². The summed E-state index contributed by atoms with van der Waals surface area (Å²) in [5.74, 6) is -0.161. The van der Waals surface area contributed by atoms with E-state index in [1.807, 2.05) is 19.9 Å². The normalized spacial score (nSPS) is 8.21. The molecule has 0 atom stereocenters. The predicted octanol–water partition coefficient (Wildman–Crippen LogP) is 2.39. The Morgan fingerprint density at radius 1 is 1.29 bits per heavy atom. The topological polar surface area (TPSA) is 44.2 Å². The van der Waals surface area contributed by atoms with Crippen molar-refractivity contribution in [3.63, 3.8) is 0 Å². The number of carbonyl (C=O) groups excluding carboxylic acids is 1. The van der Waals surface area contributed by atoms with Crippen molar-refractivity contribution in [1.82, 2.24) is 4.90 Å². The first-order chi connectivity index (χ1) is 6.75. The van der Waals surface area contributed by atoms with Crippen LogP contribution in [0.5, 0.6) is 0 Å². The van der Waals surface area contributed by atoms with E-state index >= 15 is 0 Å². The highest BCUT2D eigenvalue weighted by Gasteiger charge is 2.07. The summed E-state index contributed by atoms with van der Waals surface area (Å²) in [5.41, 5.74) is 0.600. The summed E-state index contributed by atoms with van der Waals surface area (Å²) >= 11 is 0. The Hall–Kier alpha value is -1.64. The van der Waals surface area contributed by atoms with Crippen LogP contribution in [0.3, 0.4) is 0 Å². The van der Waals surface area contributed by atoms with E-state index in [0.29, 0.717) is 5.56 Å². The SMILES string of the molecule is CC.CN(C=N)C(=O)c1ccccc1. The first-order valence-corrected chi connectivity index (χ1v) is 4.58. The summed E-state index contributed by atoms with van der Waals surface area (Å²) in [5, 5.41) is 6.87. The summed E-state index contributed by atoms with van der Waals surface area (Å²) < 4.78 is 0. The zero-order valence-corrected chi connectivity index (χ0v) is 8.82. The molecule has 1 aromatic rings. The van der Waals surface area contributed by atoms with Crippen molar-refractivity contribution in [3.05, 3.63) is 35.9 Å². The van der Waals surface area contributed by atoms with E-state index in [1.165, 1.54) is 4.90 Å². The smallest absolute Gasteiger partial charge is 0.258 e. The lowest BCUT2D eigenvalue weighted by atomic mass is 10.2. The lowest BCUT2D eigenvalue weighted by Gasteiger charge is -2.09. The van der Waals surface area contributed by atoms with Crippen LogP contribution in [0.1, 0.15) is 24.2 Å². The standard InChI is InChI=1S/C9H10N2O.C2H6/c1-11(7-10)9(12)8-5-3-2-4-6-8;1-2/h2-7,10H,1H3;1-2H3. The molecule has 76 valence electrons. The molecule has 0 aliphatic rings.